The number of halogens is 6. The predicted octanol–water partition coefficient (Wildman–Crippen LogP) is 9.49. The molecule has 0 atom stereocenters. The molecule has 0 radical (unpaired) electrons. The monoisotopic (exact) mass is 830 g/mol. The number of anilines is 2. The molecule has 0 bridgehead atoms. The minimum Gasteiger partial charge on any atom is -0.310 e. The third-order valence-corrected chi connectivity index (χ3v) is 12.5. The van der Waals surface area contributed by atoms with E-state index in [1.54, 1.807) is 23.9 Å². The molecule has 0 aliphatic carbocycles. The van der Waals surface area contributed by atoms with Crippen LogP contribution in [0.15, 0.2) is 39.0 Å². The third-order valence-electron chi connectivity index (χ3n) is 7.01. The van der Waals surface area contributed by atoms with Crippen molar-refractivity contribution in [2.45, 2.75) is 0 Å². The minimum absolute atomic E-state index is 0.0434. The van der Waals surface area contributed by atoms with E-state index in [1.807, 2.05) is 12.1 Å². The Morgan fingerprint density at radius 3 is 1.21 bits per heavy atom. The van der Waals surface area contributed by atoms with Crippen LogP contribution in [-0.2, 0) is 0 Å². The first-order valence-electron chi connectivity index (χ1n) is 9.99. The molecule has 34 heavy (non-hydrogen) atoms. The summed E-state index contributed by atoms with van der Waals surface area (Å²) in [5.74, 6) is -0.0869. The molecule has 0 saturated carbocycles. The van der Waals surface area contributed by atoms with Crippen molar-refractivity contribution in [3.8, 4) is 0 Å². The molecule has 168 valence electrons. The molecule has 0 fully saturated rings. The number of benzene rings is 5. The lowest BCUT2D eigenvalue weighted by molar-refractivity contribution is 0.0991. The van der Waals surface area contributed by atoms with Gasteiger partial charge in [-0.3, -0.25) is 9.59 Å². The summed E-state index contributed by atoms with van der Waals surface area (Å²) in [5, 5.41) is 7.77. The van der Waals surface area contributed by atoms with Crippen LogP contribution in [0, 0.1) is 0 Å². The van der Waals surface area contributed by atoms with Crippen LogP contribution in [0.3, 0.4) is 0 Å². The maximum Gasteiger partial charge on any atom is 0.258 e. The number of hydrogen-bond donors (Lipinski definition) is 0. The summed E-state index contributed by atoms with van der Waals surface area (Å²) in [5.41, 5.74) is 3.02. The van der Waals surface area contributed by atoms with E-state index in [4.69, 9.17) is 0 Å². The van der Waals surface area contributed by atoms with Gasteiger partial charge in [0.25, 0.3) is 11.8 Å². The smallest absolute Gasteiger partial charge is 0.258 e. The Hall–Kier alpha value is -0.780. The Bertz CT molecular complexity index is 1760. The van der Waals surface area contributed by atoms with Crippen LogP contribution < -0.4 is 9.80 Å². The molecule has 0 unspecified atom stereocenters. The summed E-state index contributed by atoms with van der Waals surface area (Å²) in [4.78, 5) is 29.8. The molecule has 2 heterocycles. The first-order valence-corrected chi connectivity index (χ1v) is 14.7. The van der Waals surface area contributed by atoms with Gasteiger partial charge in [-0.2, -0.15) is 0 Å². The van der Waals surface area contributed by atoms with E-state index >= 15 is 0 Å². The van der Waals surface area contributed by atoms with Gasteiger partial charge in [0, 0.05) is 75.1 Å². The van der Waals surface area contributed by atoms with Crippen LogP contribution in [0.4, 0.5) is 11.4 Å². The lowest BCUT2D eigenvalue weighted by Crippen LogP contribution is -2.21. The van der Waals surface area contributed by atoms with Crippen LogP contribution in [0.25, 0.3) is 43.1 Å². The van der Waals surface area contributed by atoms with Crippen molar-refractivity contribution in [3.05, 3.63) is 50.1 Å². The van der Waals surface area contributed by atoms with E-state index in [0.717, 1.165) is 81.3 Å². The van der Waals surface area contributed by atoms with Crippen molar-refractivity contribution in [1.82, 2.24) is 0 Å². The maximum absolute atomic E-state index is 13.2. The molecule has 0 aromatic heterocycles. The first-order chi connectivity index (χ1) is 16.1. The molecular formula is C24H8Br6N2O2. The van der Waals surface area contributed by atoms with E-state index in [0.29, 0.717) is 11.1 Å². The van der Waals surface area contributed by atoms with Gasteiger partial charge in [-0.05, 0) is 75.9 Å². The van der Waals surface area contributed by atoms with Crippen molar-refractivity contribution in [3.63, 3.8) is 0 Å². The zero-order chi connectivity index (χ0) is 24.1. The van der Waals surface area contributed by atoms with Crippen LogP contribution >= 0.6 is 95.6 Å². The Kier molecular flexibility index (Phi) is 4.58. The number of amides is 2. The molecule has 2 aliphatic heterocycles. The molecule has 5 aromatic rings. The quantitative estimate of drug-likeness (QED) is 0.115. The Labute approximate surface area is 243 Å². The highest BCUT2D eigenvalue weighted by Gasteiger charge is 2.38. The highest BCUT2D eigenvalue weighted by molar-refractivity contribution is 9.13. The minimum atomic E-state index is -0.0434. The van der Waals surface area contributed by atoms with Crippen LogP contribution in [0.5, 0.6) is 0 Å². The number of fused-ring (bicyclic) bond motifs is 2. The van der Waals surface area contributed by atoms with Crippen molar-refractivity contribution in [2.24, 2.45) is 0 Å². The van der Waals surface area contributed by atoms with Crippen LogP contribution in [-0.4, -0.2) is 25.9 Å². The van der Waals surface area contributed by atoms with Gasteiger partial charge in [-0.1, -0.05) is 31.9 Å². The van der Waals surface area contributed by atoms with Gasteiger partial charge in [0.2, 0.25) is 0 Å². The second-order valence-corrected chi connectivity index (χ2v) is 13.4. The summed E-state index contributed by atoms with van der Waals surface area (Å²) in [6.45, 7) is 0. The standard InChI is InChI=1S/C24H8Br6N2O2/c1-31-21-9-5(23(31)33)3-7(25)11-13(9)15(17(27)19(21)29)12-8(26)4-6-10-14(12)16(11)18(28)20(30)22(10)32(2)24(6)34/h3-4H,1-2H3. The fourth-order valence-corrected chi connectivity index (χ4v) is 9.39. The molecule has 4 nitrogen and oxygen atoms in total. The van der Waals surface area contributed by atoms with E-state index in [1.165, 1.54) is 0 Å². The fourth-order valence-electron chi connectivity index (χ4n) is 5.65. The van der Waals surface area contributed by atoms with Crippen LogP contribution in [0.1, 0.15) is 20.7 Å². The Morgan fingerprint density at radius 2 is 0.853 bits per heavy atom. The molecule has 5 aromatic carbocycles. The van der Waals surface area contributed by atoms with Crippen molar-refractivity contribution in [1.29, 1.82) is 0 Å². The lowest BCUT2D eigenvalue weighted by atomic mass is 9.87. The second kappa shape index (κ2) is 6.95. The summed E-state index contributed by atoms with van der Waals surface area (Å²) in [6, 6.07) is 3.83. The highest BCUT2D eigenvalue weighted by Crippen LogP contribution is 2.59. The van der Waals surface area contributed by atoms with Gasteiger partial charge >= 0.3 is 0 Å². The molecule has 2 amide bonds. The van der Waals surface area contributed by atoms with Crippen molar-refractivity contribution in [2.75, 3.05) is 23.9 Å². The van der Waals surface area contributed by atoms with Crippen LogP contribution in [0.2, 0.25) is 0 Å². The molecule has 10 heteroatoms. The summed E-state index contributed by atoms with van der Waals surface area (Å²) in [7, 11) is 3.60. The number of hydrogen-bond acceptors (Lipinski definition) is 2. The van der Waals surface area contributed by atoms with Crippen molar-refractivity contribution < 1.29 is 9.59 Å². The summed E-state index contributed by atoms with van der Waals surface area (Å²) < 4.78 is 5.03. The SMILES string of the molecule is CN1C(=O)c2cc(Br)c3c4c(Br)c(Br)c5c6c(cc(Br)c(c7c(Br)c(Br)c1c2c37)c64)C(=O)N5C. The van der Waals surface area contributed by atoms with Gasteiger partial charge in [0.05, 0.1) is 31.4 Å². The largest absolute Gasteiger partial charge is 0.310 e. The first kappa shape index (κ1) is 22.4. The number of rotatable bonds is 0. The fraction of sp³-hybridized carbons (Fsp3) is 0.0833. The summed E-state index contributed by atoms with van der Waals surface area (Å²) >= 11 is 22.9. The topological polar surface area (TPSA) is 40.6 Å². The Morgan fingerprint density at radius 1 is 0.500 bits per heavy atom. The van der Waals surface area contributed by atoms with E-state index < -0.39 is 0 Å². The molecule has 0 N–H and O–H groups in total. The predicted molar refractivity (Wildman–Crippen MR) is 159 cm³/mol. The average molecular weight is 836 g/mol. The molecule has 2 aliphatic rings. The van der Waals surface area contributed by atoms with E-state index in [9.17, 15) is 9.59 Å². The van der Waals surface area contributed by atoms with E-state index in [-0.39, 0.29) is 11.8 Å². The Balaban J connectivity index is 1.97. The van der Waals surface area contributed by atoms with Gasteiger partial charge in [0.1, 0.15) is 0 Å². The number of carbonyl (C=O) groups excluding carboxylic acids is 2. The van der Waals surface area contributed by atoms with Gasteiger partial charge in [-0.25, -0.2) is 0 Å². The second-order valence-electron chi connectivity index (χ2n) is 8.49. The molecule has 7 rings (SSSR count). The number of carbonyl (C=O) groups is 2. The molecular weight excluding hydrogens is 828 g/mol. The zero-order valence-electron chi connectivity index (χ0n) is 17.1. The lowest BCUT2D eigenvalue weighted by Gasteiger charge is -2.22. The average Bonchev–Trinajstić information content (AvgIpc) is 3.20. The van der Waals surface area contributed by atoms with E-state index in [2.05, 4.69) is 95.6 Å². The highest BCUT2D eigenvalue weighted by atomic mass is 79.9. The number of nitrogens with zero attached hydrogens (tertiary/aromatic N) is 2. The molecule has 0 saturated heterocycles. The summed E-state index contributed by atoms with van der Waals surface area (Å²) in [6.07, 6.45) is 0. The molecule has 0 spiro atoms. The van der Waals surface area contributed by atoms with Gasteiger partial charge in [0.15, 0.2) is 0 Å². The third kappa shape index (κ3) is 2.30. The zero-order valence-corrected chi connectivity index (χ0v) is 26.6. The van der Waals surface area contributed by atoms with Gasteiger partial charge in [-0.15, -0.1) is 0 Å². The van der Waals surface area contributed by atoms with Crippen molar-refractivity contribution >= 4 is 162 Å². The van der Waals surface area contributed by atoms with Gasteiger partial charge < -0.3 is 9.80 Å². The normalized spacial score (nSPS) is 15.1. The maximum atomic E-state index is 13.2.